The summed E-state index contributed by atoms with van der Waals surface area (Å²) in [5.74, 6) is -0.934. The molecule has 1 N–H and O–H groups in total. The van der Waals surface area contributed by atoms with Gasteiger partial charge < -0.3 is 5.11 Å². The van der Waals surface area contributed by atoms with E-state index >= 15 is 0 Å². The predicted molar refractivity (Wildman–Crippen MR) is 90.0 cm³/mol. The number of allylic oxidation sites excluding steroid dienone is 1. The lowest BCUT2D eigenvalue weighted by atomic mass is 10.0. The van der Waals surface area contributed by atoms with Gasteiger partial charge in [-0.2, -0.15) is 0 Å². The van der Waals surface area contributed by atoms with E-state index in [2.05, 4.69) is 11.6 Å². The van der Waals surface area contributed by atoms with Crippen molar-refractivity contribution in [1.29, 1.82) is 0 Å². The fourth-order valence-electron chi connectivity index (χ4n) is 2.11. The first-order valence-corrected chi connectivity index (χ1v) is 6.93. The Morgan fingerprint density at radius 1 is 1.09 bits per heavy atom. The lowest BCUT2D eigenvalue weighted by molar-refractivity contribution is 0.0699. The van der Waals surface area contributed by atoms with Crippen LogP contribution < -0.4 is 0 Å². The van der Waals surface area contributed by atoms with E-state index in [1.165, 1.54) is 0 Å². The Bertz CT molecular complexity index is 795. The van der Waals surface area contributed by atoms with E-state index in [0.29, 0.717) is 16.6 Å². The molecular formula is C19H17NO2. The second-order valence-corrected chi connectivity index (χ2v) is 4.65. The van der Waals surface area contributed by atoms with Crippen LogP contribution in [0.15, 0.2) is 73.3 Å². The van der Waals surface area contributed by atoms with Crippen LogP contribution in [0.4, 0.5) is 0 Å². The molecule has 2 aromatic carbocycles. The molecule has 0 aliphatic heterocycles. The number of para-hydroxylation sites is 1. The smallest absolute Gasteiger partial charge is 0.336 e. The van der Waals surface area contributed by atoms with Gasteiger partial charge in [-0.05, 0) is 19.1 Å². The summed E-state index contributed by atoms with van der Waals surface area (Å²) in [6.45, 7) is 5.25. The maximum Gasteiger partial charge on any atom is 0.336 e. The lowest BCUT2D eigenvalue weighted by Crippen LogP contribution is -2.00. The summed E-state index contributed by atoms with van der Waals surface area (Å²) in [4.78, 5) is 15.9. The standard InChI is InChI=1S/C16H11NO2.C3H6/c18-16(19)13-10-15(11-6-2-1-3-7-11)17-14-9-5-4-8-12(13)14;1-3-2/h1-10H,(H,18,19);3H,1H2,2H3. The fraction of sp³-hybridized carbons (Fsp3) is 0.0526. The van der Waals surface area contributed by atoms with Gasteiger partial charge in [0.2, 0.25) is 0 Å². The van der Waals surface area contributed by atoms with Gasteiger partial charge in [-0.3, -0.25) is 0 Å². The van der Waals surface area contributed by atoms with Crippen LogP contribution in [-0.2, 0) is 0 Å². The Morgan fingerprint density at radius 3 is 2.32 bits per heavy atom. The molecule has 3 aromatic rings. The molecule has 0 aliphatic rings. The molecule has 0 saturated heterocycles. The molecule has 22 heavy (non-hydrogen) atoms. The number of hydrogen-bond acceptors (Lipinski definition) is 2. The summed E-state index contributed by atoms with van der Waals surface area (Å²) in [5, 5.41) is 9.99. The minimum atomic E-state index is -0.934. The zero-order valence-electron chi connectivity index (χ0n) is 12.4. The molecule has 0 fully saturated rings. The third-order valence-electron chi connectivity index (χ3n) is 3.02. The predicted octanol–water partition coefficient (Wildman–Crippen LogP) is 4.79. The van der Waals surface area contributed by atoms with Gasteiger partial charge in [0.25, 0.3) is 0 Å². The van der Waals surface area contributed by atoms with Crippen molar-refractivity contribution in [3.63, 3.8) is 0 Å². The van der Waals surface area contributed by atoms with Crippen LogP contribution >= 0.6 is 0 Å². The van der Waals surface area contributed by atoms with E-state index in [0.717, 1.165) is 5.56 Å². The van der Waals surface area contributed by atoms with Crippen molar-refractivity contribution in [2.24, 2.45) is 0 Å². The van der Waals surface area contributed by atoms with E-state index in [4.69, 9.17) is 0 Å². The van der Waals surface area contributed by atoms with Gasteiger partial charge in [0.15, 0.2) is 0 Å². The molecule has 0 amide bonds. The SMILES string of the molecule is C=CC.O=C(O)c1cc(-c2ccccc2)nc2ccccc12. The first kappa shape index (κ1) is 15.4. The highest BCUT2D eigenvalue weighted by Crippen LogP contribution is 2.24. The molecule has 3 rings (SSSR count). The van der Waals surface area contributed by atoms with Gasteiger partial charge in [0.1, 0.15) is 0 Å². The van der Waals surface area contributed by atoms with Crippen LogP contribution in [0, 0.1) is 0 Å². The van der Waals surface area contributed by atoms with Crippen LogP contribution in [-0.4, -0.2) is 16.1 Å². The van der Waals surface area contributed by atoms with Crippen LogP contribution in [0.5, 0.6) is 0 Å². The van der Waals surface area contributed by atoms with E-state index in [-0.39, 0.29) is 5.56 Å². The van der Waals surface area contributed by atoms with E-state index in [1.54, 1.807) is 18.2 Å². The van der Waals surface area contributed by atoms with Gasteiger partial charge in [0, 0.05) is 10.9 Å². The van der Waals surface area contributed by atoms with Crippen molar-refractivity contribution in [2.75, 3.05) is 0 Å². The van der Waals surface area contributed by atoms with Crippen molar-refractivity contribution in [1.82, 2.24) is 4.98 Å². The minimum absolute atomic E-state index is 0.282. The Morgan fingerprint density at radius 2 is 1.68 bits per heavy atom. The normalized spacial score (nSPS) is 9.68. The number of aromatic carboxylic acids is 1. The van der Waals surface area contributed by atoms with E-state index in [1.807, 2.05) is 55.5 Å². The topological polar surface area (TPSA) is 50.2 Å². The van der Waals surface area contributed by atoms with Crippen LogP contribution in [0.3, 0.4) is 0 Å². The van der Waals surface area contributed by atoms with Gasteiger partial charge >= 0.3 is 5.97 Å². The summed E-state index contributed by atoms with van der Waals surface area (Å²) >= 11 is 0. The van der Waals surface area contributed by atoms with Crippen LogP contribution in [0.1, 0.15) is 17.3 Å². The van der Waals surface area contributed by atoms with Gasteiger partial charge in [0.05, 0.1) is 16.8 Å². The number of benzene rings is 2. The molecule has 0 radical (unpaired) electrons. The summed E-state index contributed by atoms with van der Waals surface area (Å²) in [5.41, 5.74) is 2.57. The van der Waals surface area contributed by atoms with Crippen molar-refractivity contribution >= 4 is 16.9 Å². The molecule has 0 unspecified atom stereocenters. The lowest BCUT2D eigenvalue weighted by Gasteiger charge is -2.06. The van der Waals surface area contributed by atoms with E-state index < -0.39 is 5.97 Å². The molecule has 3 heteroatoms. The van der Waals surface area contributed by atoms with Gasteiger partial charge in [-0.1, -0.05) is 54.6 Å². The maximum atomic E-state index is 11.4. The molecule has 0 aliphatic carbocycles. The highest BCUT2D eigenvalue weighted by molar-refractivity contribution is 6.03. The average molecular weight is 291 g/mol. The number of carbonyl (C=O) groups is 1. The summed E-state index contributed by atoms with van der Waals surface area (Å²) < 4.78 is 0. The number of aromatic nitrogens is 1. The second kappa shape index (κ2) is 7.18. The molecule has 0 atom stereocenters. The number of hydrogen-bond donors (Lipinski definition) is 1. The molecule has 0 bridgehead atoms. The highest BCUT2D eigenvalue weighted by Gasteiger charge is 2.12. The average Bonchev–Trinajstić information content (AvgIpc) is 2.55. The molecule has 1 heterocycles. The molecule has 1 aromatic heterocycles. The van der Waals surface area contributed by atoms with Crippen molar-refractivity contribution in [3.05, 3.63) is 78.9 Å². The number of rotatable bonds is 2. The van der Waals surface area contributed by atoms with Crippen molar-refractivity contribution in [2.45, 2.75) is 6.92 Å². The number of carboxylic acids is 1. The second-order valence-electron chi connectivity index (χ2n) is 4.65. The van der Waals surface area contributed by atoms with Crippen LogP contribution in [0.25, 0.3) is 22.2 Å². The van der Waals surface area contributed by atoms with E-state index in [9.17, 15) is 9.90 Å². The molecular weight excluding hydrogens is 274 g/mol. The molecule has 110 valence electrons. The Balaban J connectivity index is 0.000000545. The Kier molecular flexibility index (Phi) is 5.04. The fourth-order valence-corrected chi connectivity index (χ4v) is 2.11. The summed E-state index contributed by atoms with van der Waals surface area (Å²) in [7, 11) is 0. The molecule has 0 saturated carbocycles. The molecule has 0 spiro atoms. The first-order valence-electron chi connectivity index (χ1n) is 6.93. The largest absolute Gasteiger partial charge is 0.478 e. The summed E-state index contributed by atoms with van der Waals surface area (Å²) in [6, 6.07) is 18.5. The zero-order chi connectivity index (χ0) is 15.9. The molecule has 3 nitrogen and oxygen atoms in total. The van der Waals surface area contributed by atoms with Crippen LogP contribution in [0.2, 0.25) is 0 Å². The van der Waals surface area contributed by atoms with Gasteiger partial charge in [-0.15, -0.1) is 6.58 Å². The first-order chi connectivity index (χ1) is 10.7. The number of carboxylic acid groups (broad SMARTS) is 1. The summed E-state index contributed by atoms with van der Waals surface area (Å²) in [6.07, 6.45) is 1.75. The third kappa shape index (κ3) is 3.38. The number of fused-ring (bicyclic) bond motifs is 1. The van der Waals surface area contributed by atoms with Crippen molar-refractivity contribution < 1.29 is 9.90 Å². The number of nitrogens with zero attached hydrogens (tertiary/aromatic N) is 1. The Labute approximate surface area is 129 Å². The number of pyridine rings is 1. The minimum Gasteiger partial charge on any atom is -0.478 e. The highest BCUT2D eigenvalue weighted by atomic mass is 16.4. The van der Waals surface area contributed by atoms with Crippen molar-refractivity contribution in [3.8, 4) is 11.3 Å². The Hall–Kier alpha value is -2.94. The third-order valence-corrected chi connectivity index (χ3v) is 3.02. The quantitative estimate of drug-likeness (QED) is 0.690. The van der Waals surface area contributed by atoms with Gasteiger partial charge in [-0.25, -0.2) is 9.78 Å². The zero-order valence-corrected chi connectivity index (χ0v) is 12.4. The maximum absolute atomic E-state index is 11.4. The monoisotopic (exact) mass is 291 g/mol.